The number of hydrogen-bond acceptors (Lipinski definition) is 3. The van der Waals surface area contributed by atoms with Gasteiger partial charge in [0.1, 0.15) is 5.82 Å². The maximum atomic E-state index is 11.6. The van der Waals surface area contributed by atoms with Gasteiger partial charge in [-0.3, -0.25) is 14.9 Å². The maximum absolute atomic E-state index is 11.6. The molecule has 2 aromatic heterocycles. The zero-order valence-electron chi connectivity index (χ0n) is 8.90. The van der Waals surface area contributed by atoms with E-state index in [4.69, 9.17) is 0 Å². The lowest BCUT2D eigenvalue weighted by atomic mass is 10.2. The van der Waals surface area contributed by atoms with Gasteiger partial charge in [0.05, 0.1) is 12.6 Å². The number of aryl methyl sites for hydroxylation is 1. The predicted molar refractivity (Wildman–Crippen MR) is 59.9 cm³/mol. The molecule has 0 spiro atoms. The summed E-state index contributed by atoms with van der Waals surface area (Å²) >= 11 is 0. The summed E-state index contributed by atoms with van der Waals surface area (Å²) in [6.07, 6.45) is 3.60. The molecule has 0 saturated heterocycles. The second kappa shape index (κ2) is 4.57. The van der Waals surface area contributed by atoms with Crippen LogP contribution in [0, 0.1) is 6.92 Å². The number of anilines is 1. The summed E-state index contributed by atoms with van der Waals surface area (Å²) in [5.41, 5.74) is 1.66. The normalized spacial score (nSPS) is 10.1. The number of rotatable bonds is 3. The number of pyridine rings is 1. The van der Waals surface area contributed by atoms with Gasteiger partial charge in [0.15, 0.2) is 0 Å². The SMILES string of the molecule is Cc1cn[nH]c1NC(=O)Cc1ccccn1. The van der Waals surface area contributed by atoms with Crippen molar-refractivity contribution in [2.24, 2.45) is 0 Å². The highest BCUT2D eigenvalue weighted by Crippen LogP contribution is 2.08. The topological polar surface area (TPSA) is 70.7 Å². The number of nitrogens with one attached hydrogen (secondary N) is 2. The summed E-state index contributed by atoms with van der Waals surface area (Å²) in [6.45, 7) is 1.87. The minimum Gasteiger partial charge on any atom is -0.311 e. The van der Waals surface area contributed by atoms with Gasteiger partial charge >= 0.3 is 0 Å². The van der Waals surface area contributed by atoms with Crippen LogP contribution in [0.2, 0.25) is 0 Å². The summed E-state index contributed by atoms with van der Waals surface area (Å²) in [4.78, 5) is 15.7. The van der Waals surface area contributed by atoms with E-state index in [1.807, 2.05) is 25.1 Å². The Labute approximate surface area is 92.9 Å². The van der Waals surface area contributed by atoms with Crippen LogP contribution in [-0.4, -0.2) is 21.1 Å². The molecule has 5 heteroatoms. The van der Waals surface area contributed by atoms with Gasteiger partial charge in [-0.1, -0.05) is 6.07 Å². The van der Waals surface area contributed by atoms with Crippen molar-refractivity contribution >= 4 is 11.7 Å². The molecular weight excluding hydrogens is 204 g/mol. The highest BCUT2D eigenvalue weighted by molar-refractivity contribution is 5.91. The van der Waals surface area contributed by atoms with E-state index < -0.39 is 0 Å². The number of hydrogen-bond donors (Lipinski definition) is 2. The summed E-state index contributed by atoms with van der Waals surface area (Å²) in [5, 5.41) is 9.29. The van der Waals surface area contributed by atoms with Crippen molar-refractivity contribution < 1.29 is 4.79 Å². The zero-order chi connectivity index (χ0) is 11.4. The van der Waals surface area contributed by atoms with Crippen molar-refractivity contribution in [3.05, 3.63) is 41.9 Å². The molecule has 2 N–H and O–H groups in total. The molecule has 0 aliphatic rings. The first-order chi connectivity index (χ1) is 7.75. The van der Waals surface area contributed by atoms with Crippen LogP contribution in [0.5, 0.6) is 0 Å². The molecule has 0 aliphatic carbocycles. The maximum Gasteiger partial charge on any atom is 0.231 e. The average Bonchev–Trinajstić information content (AvgIpc) is 2.66. The van der Waals surface area contributed by atoms with Crippen molar-refractivity contribution in [2.75, 3.05) is 5.32 Å². The van der Waals surface area contributed by atoms with Crippen LogP contribution < -0.4 is 5.32 Å². The number of nitrogens with zero attached hydrogens (tertiary/aromatic N) is 2. The first kappa shape index (κ1) is 10.4. The van der Waals surface area contributed by atoms with Crippen LogP contribution in [0.3, 0.4) is 0 Å². The van der Waals surface area contributed by atoms with Crippen molar-refractivity contribution in [3.8, 4) is 0 Å². The van der Waals surface area contributed by atoms with E-state index in [1.165, 1.54) is 0 Å². The third-order valence-corrected chi connectivity index (χ3v) is 2.16. The lowest BCUT2D eigenvalue weighted by molar-refractivity contribution is -0.115. The number of aromatic nitrogens is 3. The van der Waals surface area contributed by atoms with Gasteiger partial charge in [0.25, 0.3) is 0 Å². The largest absolute Gasteiger partial charge is 0.311 e. The van der Waals surface area contributed by atoms with E-state index in [0.29, 0.717) is 5.82 Å². The van der Waals surface area contributed by atoms with Crippen LogP contribution in [-0.2, 0) is 11.2 Å². The Bertz CT molecular complexity index is 478. The lowest BCUT2D eigenvalue weighted by Gasteiger charge is -2.02. The van der Waals surface area contributed by atoms with Gasteiger partial charge in [0.2, 0.25) is 5.91 Å². The first-order valence-electron chi connectivity index (χ1n) is 4.95. The second-order valence-electron chi connectivity index (χ2n) is 3.47. The standard InChI is InChI=1S/C11H12N4O/c1-8-7-13-15-11(8)14-10(16)6-9-4-2-3-5-12-9/h2-5,7H,6H2,1H3,(H2,13,14,15,16). The van der Waals surface area contributed by atoms with Gasteiger partial charge in [-0.05, 0) is 19.1 Å². The Hall–Kier alpha value is -2.17. The van der Waals surface area contributed by atoms with E-state index in [-0.39, 0.29) is 12.3 Å². The average molecular weight is 216 g/mol. The Morgan fingerprint density at radius 1 is 1.50 bits per heavy atom. The predicted octanol–water partition coefficient (Wildman–Crippen LogP) is 1.29. The third kappa shape index (κ3) is 2.44. The minimum atomic E-state index is -0.106. The van der Waals surface area contributed by atoms with E-state index >= 15 is 0 Å². The molecule has 0 radical (unpaired) electrons. The number of carbonyl (C=O) groups is 1. The second-order valence-corrected chi connectivity index (χ2v) is 3.47. The fraction of sp³-hybridized carbons (Fsp3) is 0.182. The van der Waals surface area contributed by atoms with Crippen molar-refractivity contribution in [3.63, 3.8) is 0 Å². The monoisotopic (exact) mass is 216 g/mol. The molecule has 2 aromatic rings. The molecule has 5 nitrogen and oxygen atoms in total. The Balaban J connectivity index is 1.98. The first-order valence-corrected chi connectivity index (χ1v) is 4.95. The molecule has 0 fully saturated rings. The molecule has 0 unspecified atom stereocenters. The number of amides is 1. The van der Waals surface area contributed by atoms with Crippen LogP contribution in [0.15, 0.2) is 30.6 Å². The molecule has 0 atom stereocenters. The van der Waals surface area contributed by atoms with Crippen LogP contribution in [0.1, 0.15) is 11.3 Å². The summed E-state index contributed by atoms with van der Waals surface area (Å²) in [5.74, 6) is 0.534. The Morgan fingerprint density at radius 3 is 3.00 bits per heavy atom. The van der Waals surface area contributed by atoms with Crippen molar-refractivity contribution in [1.29, 1.82) is 0 Å². The number of aromatic amines is 1. The van der Waals surface area contributed by atoms with Crippen LogP contribution >= 0.6 is 0 Å². The van der Waals surface area contributed by atoms with E-state index in [1.54, 1.807) is 12.4 Å². The van der Waals surface area contributed by atoms with E-state index in [0.717, 1.165) is 11.3 Å². The summed E-state index contributed by atoms with van der Waals surface area (Å²) in [7, 11) is 0. The van der Waals surface area contributed by atoms with Gasteiger partial charge in [-0.25, -0.2) is 0 Å². The van der Waals surface area contributed by atoms with Gasteiger partial charge in [0, 0.05) is 17.5 Å². The molecular formula is C11H12N4O. The van der Waals surface area contributed by atoms with Crippen LogP contribution in [0.4, 0.5) is 5.82 Å². The zero-order valence-corrected chi connectivity index (χ0v) is 8.90. The molecule has 16 heavy (non-hydrogen) atoms. The molecule has 0 aliphatic heterocycles. The van der Waals surface area contributed by atoms with Crippen LogP contribution in [0.25, 0.3) is 0 Å². The summed E-state index contributed by atoms with van der Waals surface area (Å²) < 4.78 is 0. The fourth-order valence-corrected chi connectivity index (χ4v) is 1.32. The highest BCUT2D eigenvalue weighted by atomic mass is 16.1. The quantitative estimate of drug-likeness (QED) is 0.812. The third-order valence-electron chi connectivity index (χ3n) is 2.16. The number of carbonyl (C=O) groups excluding carboxylic acids is 1. The lowest BCUT2D eigenvalue weighted by Crippen LogP contribution is -2.15. The Kier molecular flexibility index (Phi) is 2.95. The molecule has 82 valence electrons. The molecule has 0 bridgehead atoms. The summed E-state index contributed by atoms with van der Waals surface area (Å²) in [6, 6.07) is 5.50. The van der Waals surface area contributed by atoms with Gasteiger partial charge in [-0.2, -0.15) is 5.10 Å². The van der Waals surface area contributed by atoms with E-state index in [9.17, 15) is 4.79 Å². The van der Waals surface area contributed by atoms with Gasteiger partial charge < -0.3 is 5.32 Å². The van der Waals surface area contributed by atoms with Crippen molar-refractivity contribution in [1.82, 2.24) is 15.2 Å². The minimum absolute atomic E-state index is 0.106. The molecule has 0 saturated carbocycles. The molecule has 2 heterocycles. The molecule has 0 aromatic carbocycles. The van der Waals surface area contributed by atoms with Crippen molar-refractivity contribution in [2.45, 2.75) is 13.3 Å². The van der Waals surface area contributed by atoms with E-state index in [2.05, 4.69) is 20.5 Å². The molecule has 2 rings (SSSR count). The highest BCUT2D eigenvalue weighted by Gasteiger charge is 2.07. The fourth-order valence-electron chi connectivity index (χ4n) is 1.32. The number of H-pyrrole nitrogens is 1. The Morgan fingerprint density at radius 2 is 2.38 bits per heavy atom. The smallest absolute Gasteiger partial charge is 0.231 e. The van der Waals surface area contributed by atoms with Gasteiger partial charge in [-0.15, -0.1) is 0 Å². The molecule has 1 amide bonds.